The zero-order valence-corrected chi connectivity index (χ0v) is 12.3. The summed E-state index contributed by atoms with van der Waals surface area (Å²) < 4.78 is 0. The van der Waals surface area contributed by atoms with E-state index in [1.807, 2.05) is 18.2 Å². The number of nitrogens with zero attached hydrogens (tertiary/aromatic N) is 1. The summed E-state index contributed by atoms with van der Waals surface area (Å²) in [5.74, 6) is 0. The maximum atomic E-state index is 9.18. The van der Waals surface area contributed by atoms with E-state index < -0.39 is 0 Å². The summed E-state index contributed by atoms with van der Waals surface area (Å²) in [6.07, 6.45) is 2.26. The van der Waals surface area contributed by atoms with Crippen molar-refractivity contribution in [2.24, 2.45) is 0 Å². The van der Waals surface area contributed by atoms with Crippen molar-refractivity contribution < 1.29 is 5.11 Å². The van der Waals surface area contributed by atoms with Gasteiger partial charge in [0.15, 0.2) is 0 Å². The fourth-order valence-electron chi connectivity index (χ4n) is 2.84. The number of aliphatic hydroxyl groups is 1. The Kier molecular flexibility index (Phi) is 3.68. The first-order valence-electron chi connectivity index (χ1n) is 6.95. The van der Waals surface area contributed by atoms with Gasteiger partial charge in [-0.3, -0.25) is 0 Å². The van der Waals surface area contributed by atoms with E-state index in [0.717, 1.165) is 30.6 Å². The highest BCUT2D eigenvalue weighted by Gasteiger charge is 2.20. The van der Waals surface area contributed by atoms with E-state index in [2.05, 4.69) is 30.0 Å². The van der Waals surface area contributed by atoms with Crippen molar-refractivity contribution >= 4 is 23.0 Å². The van der Waals surface area contributed by atoms with E-state index in [1.165, 1.54) is 16.8 Å². The molecule has 2 nitrogen and oxygen atoms in total. The van der Waals surface area contributed by atoms with E-state index in [1.54, 1.807) is 0 Å². The van der Waals surface area contributed by atoms with Crippen LogP contribution in [0, 0.1) is 6.92 Å². The lowest BCUT2D eigenvalue weighted by atomic mass is 9.99. The molecule has 1 aliphatic rings. The van der Waals surface area contributed by atoms with E-state index in [9.17, 15) is 5.11 Å². The van der Waals surface area contributed by atoms with Crippen LogP contribution in [0.4, 0.5) is 11.4 Å². The van der Waals surface area contributed by atoms with Crippen LogP contribution in [0.25, 0.3) is 0 Å². The molecule has 2 aromatic carbocycles. The summed E-state index contributed by atoms with van der Waals surface area (Å²) in [5.41, 5.74) is 5.81. The van der Waals surface area contributed by atoms with Crippen LogP contribution in [-0.2, 0) is 13.0 Å². The predicted molar refractivity (Wildman–Crippen MR) is 83.9 cm³/mol. The van der Waals surface area contributed by atoms with Crippen LogP contribution < -0.4 is 4.90 Å². The molecule has 1 N–H and O–H groups in total. The Morgan fingerprint density at radius 3 is 2.70 bits per heavy atom. The molecule has 0 atom stereocenters. The largest absolute Gasteiger partial charge is 0.392 e. The minimum atomic E-state index is 0.0236. The normalized spacial score (nSPS) is 14.2. The first-order chi connectivity index (χ1) is 9.69. The van der Waals surface area contributed by atoms with E-state index in [4.69, 9.17) is 11.6 Å². The van der Waals surface area contributed by atoms with E-state index in [0.29, 0.717) is 5.02 Å². The van der Waals surface area contributed by atoms with Gasteiger partial charge in [0.05, 0.1) is 17.3 Å². The van der Waals surface area contributed by atoms with Crippen molar-refractivity contribution in [3.05, 3.63) is 58.1 Å². The lowest BCUT2D eigenvalue weighted by Crippen LogP contribution is -2.24. The minimum absolute atomic E-state index is 0.0236. The molecule has 1 aliphatic heterocycles. The number of halogens is 1. The first kappa shape index (κ1) is 13.5. The van der Waals surface area contributed by atoms with Gasteiger partial charge in [0, 0.05) is 12.2 Å². The molecule has 0 amide bonds. The van der Waals surface area contributed by atoms with Gasteiger partial charge >= 0.3 is 0 Å². The fourth-order valence-corrected chi connectivity index (χ4v) is 3.15. The zero-order chi connectivity index (χ0) is 14.1. The maximum Gasteiger partial charge on any atom is 0.0682 e. The lowest BCUT2D eigenvalue weighted by molar-refractivity contribution is 0.282. The molecular weight excluding hydrogens is 270 g/mol. The minimum Gasteiger partial charge on any atom is -0.392 e. The Hall–Kier alpha value is -1.51. The summed E-state index contributed by atoms with van der Waals surface area (Å²) in [4.78, 5) is 2.28. The molecule has 0 unspecified atom stereocenters. The molecule has 0 fully saturated rings. The predicted octanol–water partition coefficient (Wildman–Crippen LogP) is 4.23. The molecule has 3 rings (SSSR count). The monoisotopic (exact) mass is 287 g/mol. The van der Waals surface area contributed by atoms with Crippen LogP contribution in [-0.4, -0.2) is 11.7 Å². The molecular formula is C17H18ClNO. The smallest absolute Gasteiger partial charge is 0.0682 e. The molecule has 0 saturated heterocycles. The quantitative estimate of drug-likeness (QED) is 0.894. The average Bonchev–Trinajstić information content (AvgIpc) is 2.46. The maximum absolute atomic E-state index is 9.18. The second-order valence-electron chi connectivity index (χ2n) is 5.33. The Morgan fingerprint density at radius 2 is 1.95 bits per heavy atom. The van der Waals surface area contributed by atoms with Crippen LogP contribution in [0.1, 0.15) is 23.1 Å². The Morgan fingerprint density at radius 1 is 1.15 bits per heavy atom. The van der Waals surface area contributed by atoms with Gasteiger partial charge in [-0.1, -0.05) is 35.4 Å². The number of anilines is 2. The molecule has 0 saturated carbocycles. The summed E-state index contributed by atoms with van der Waals surface area (Å²) >= 11 is 6.39. The summed E-state index contributed by atoms with van der Waals surface area (Å²) in [7, 11) is 0. The number of aryl methyl sites for hydroxylation is 2. The third-order valence-corrected chi connectivity index (χ3v) is 4.14. The van der Waals surface area contributed by atoms with Crippen molar-refractivity contribution in [3.8, 4) is 0 Å². The SMILES string of the molecule is Cc1ccc2c(c1)CCCN2c1ccc(CO)cc1Cl. The van der Waals surface area contributed by atoms with Gasteiger partial charge in [-0.15, -0.1) is 0 Å². The van der Waals surface area contributed by atoms with Gasteiger partial charge in [-0.05, 0) is 49.1 Å². The first-order valence-corrected chi connectivity index (χ1v) is 7.33. The number of aliphatic hydroxyl groups excluding tert-OH is 1. The van der Waals surface area contributed by atoms with E-state index in [-0.39, 0.29) is 6.61 Å². The standard InChI is InChI=1S/C17H18ClNO/c1-12-4-6-16-14(9-12)3-2-8-19(16)17-7-5-13(11-20)10-15(17)18/h4-7,9-10,20H,2-3,8,11H2,1H3. The zero-order valence-electron chi connectivity index (χ0n) is 11.6. The van der Waals surface area contributed by atoms with Gasteiger partial charge < -0.3 is 10.0 Å². The molecule has 1 heterocycles. The van der Waals surface area contributed by atoms with Crippen LogP contribution in [0.15, 0.2) is 36.4 Å². The third-order valence-electron chi connectivity index (χ3n) is 3.84. The van der Waals surface area contributed by atoms with Crippen molar-refractivity contribution in [2.45, 2.75) is 26.4 Å². The summed E-state index contributed by atoms with van der Waals surface area (Å²) in [5, 5.41) is 9.88. The second kappa shape index (κ2) is 5.47. The number of hydrogen-bond acceptors (Lipinski definition) is 2. The average molecular weight is 288 g/mol. The topological polar surface area (TPSA) is 23.5 Å². The highest BCUT2D eigenvalue weighted by Crippen LogP contribution is 2.37. The molecule has 0 aromatic heterocycles. The number of fused-ring (bicyclic) bond motifs is 1. The highest BCUT2D eigenvalue weighted by molar-refractivity contribution is 6.33. The summed E-state index contributed by atoms with van der Waals surface area (Å²) in [6, 6.07) is 12.4. The van der Waals surface area contributed by atoms with Crippen LogP contribution in [0.2, 0.25) is 5.02 Å². The molecule has 3 heteroatoms. The van der Waals surface area contributed by atoms with E-state index >= 15 is 0 Å². The van der Waals surface area contributed by atoms with Crippen LogP contribution >= 0.6 is 11.6 Å². The molecule has 104 valence electrons. The highest BCUT2D eigenvalue weighted by atomic mass is 35.5. The molecule has 20 heavy (non-hydrogen) atoms. The Labute approximate surface area is 124 Å². The van der Waals surface area contributed by atoms with Crippen LogP contribution in [0.5, 0.6) is 0 Å². The van der Waals surface area contributed by atoms with Crippen molar-refractivity contribution in [2.75, 3.05) is 11.4 Å². The van der Waals surface area contributed by atoms with Crippen molar-refractivity contribution in [1.82, 2.24) is 0 Å². The summed E-state index contributed by atoms with van der Waals surface area (Å²) in [6.45, 7) is 3.13. The van der Waals surface area contributed by atoms with Crippen molar-refractivity contribution in [3.63, 3.8) is 0 Å². The molecule has 0 radical (unpaired) electrons. The third kappa shape index (κ3) is 2.41. The molecule has 0 bridgehead atoms. The van der Waals surface area contributed by atoms with Crippen LogP contribution in [0.3, 0.4) is 0 Å². The Bertz CT molecular complexity index is 639. The second-order valence-corrected chi connectivity index (χ2v) is 5.74. The number of hydrogen-bond donors (Lipinski definition) is 1. The molecule has 2 aromatic rings. The number of rotatable bonds is 2. The molecule has 0 spiro atoms. The van der Waals surface area contributed by atoms with Gasteiger partial charge in [0.25, 0.3) is 0 Å². The molecule has 0 aliphatic carbocycles. The fraction of sp³-hybridized carbons (Fsp3) is 0.294. The van der Waals surface area contributed by atoms with Gasteiger partial charge in [0.1, 0.15) is 0 Å². The lowest BCUT2D eigenvalue weighted by Gasteiger charge is -2.32. The van der Waals surface area contributed by atoms with Gasteiger partial charge in [-0.25, -0.2) is 0 Å². The Balaban J connectivity index is 2.04. The van der Waals surface area contributed by atoms with Gasteiger partial charge in [0.2, 0.25) is 0 Å². The van der Waals surface area contributed by atoms with Crippen molar-refractivity contribution in [1.29, 1.82) is 0 Å². The number of benzene rings is 2. The van der Waals surface area contributed by atoms with Gasteiger partial charge in [-0.2, -0.15) is 0 Å².